The van der Waals surface area contributed by atoms with Crippen LogP contribution in [0, 0.1) is 6.92 Å². The number of phenols is 1. The smallest absolute Gasteiger partial charge is 0.267 e. The summed E-state index contributed by atoms with van der Waals surface area (Å²) in [7, 11) is 2.90. The number of hydrogen-bond acceptors (Lipinski definition) is 8. The molecule has 1 saturated heterocycles. The maximum atomic E-state index is 12.9. The predicted octanol–water partition coefficient (Wildman–Crippen LogP) is 3.96. The monoisotopic (exact) mass is 417 g/mol. The van der Waals surface area contributed by atoms with Crippen molar-refractivity contribution < 1.29 is 19.4 Å². The summed E-state index contributed by atoms with van der Waals surface area (Å²) < 4.78 is 10.4. The van der Waals surface area contributed by atoms with E-state index in [-0.39, 0.29) is 23.2 Å². The zero-order valence-electron chi connectivity index (χ0n) is 15.6. The van der Waals surface area contributed by atoms with Gasteiger partial charge in [0, 0.05) is 11.9 Å². The molecule has 0 aliphatic carbocycles. The van der Waals surface area contributed by atoms with Gasteiger partial charge in [0.25, 0.3) is 5.91 Å². The fraction of sp³-hybridized carbons (Fsp3) is 0.211. The molecule has 1 aliphatic rings. The number of hydrogen-bond donors (Lipinski definition) is 1. The first-order valence-electron chi connectivity index (χ1n) is 8.25. The van der Waals surface area contributed by atoms with Gasteiger partial charge in [0.15, 0.2) is 16.7 Å². The molecule has 0 radical (unpaired) electrons. The molecule has 3 rings (SSSR count). The van der Waals surface area contributed by atoms with Gasteiger partial charge < -0.3 is 14.6 Å². The van der Waals surface area contributed by atoms with Crippen LogP contribution < -0.4 is 9.47 Å². The number of phenolic OH excluding ortho intramolecular Hbond substituents is 1. The molecule has 1 aromatic carbocycles. The Labute approximate surface area is 171 Å². The van der Waals surface area contributed by atoms with Crippen molar-refractivity contribution in [3.8, 4) is 17.2 Å². The number of aliphatic imine (C=N–C) groups is 1. The minimum Gasteiger partial charge on any atom is -0.502 e. The Morgan fingerprint density at radius 1 is 1.32 bits per heavy atom. The van der Waals surface area contributed by atoms with Gasteiger partial charge in [0.2, 0.25) is 10.9 Å². The van der Waals surface area contributed by atoms with Crippen LogP contribution in [0.15, 0.2) is 40.1 Å². The Kier molecular flexibility index (Phi) is 6.05. The van der Waals surface area contributed by atoms with Crippen LogP contribution in [-0.4, -0.2) is 46.8 Å². The van der Waals surface area contributed by atoms with Gasteiger partial charge in [-0.1, -0.05) is 6.08 Å². The van der Waals surface area contributed by atoms with E-state index in [9.17, 15) is 9.90 Å². The lowest BCUT2D eigenvalue weighted by Crippen LogP contribution is -2.29. The highest BCUT2D eigenvalue weighted by molar-refractivity contribution is 8.18. The molecule has 28 heavy (non-hydrogen) atoms. The average molecular weight is 418 g/mol. The summed E-state index contributed by atoms with van der Waals surface area (Å²) in [5.41, 5.74) is 1.54. The Morgan fingerprint density at radius 3 is 2.54 bits per heavy atom. The van der Waals surface area contributed by atoms with E-state index >= 15 is 0 Å². The van der Waals surface area contributed by atoms with Gasteiger partial charge in [-0.05, 0) is 42.5 Å². The van der Waals surface area contributed by atoms with Crippen LogP contribution >= 0.6 is 23.1 Å². The van der Waals surface area contributed by atoms with E-state index in [1.807, 2.05) is 12.3 Å². The van der Waals surface area contributed by atoms with Crippen LogP contribution in [0.2, 0.25) is 0 Å². The number of carbonyl (C=O) groups excluding carboxylic acids is 1. The highest BCUT2D eigenvalue weighted by atomic mass is 32.2. The normalized spacial score (nSPS) is 16.8. The van der Waals surface area contributed by atoms with E-state index in [1.54, 1.807) is 29.2 Å². The number of benzene rings is 1. The largest absolute Gasteiger partial charge is 0.502 e. The average Bonchev–Trinajstić information content (AvgIpc) is 3.21. The van der Waals surface area contributed by atoms with E-state index in [4.69, 9.17) is 9.47 Å². The molecule has 1 aromatic heterocycles. The van der Waals surface area contributed by atoms with E-state index in [0.29, 0.717) is 27.3 Å². The van der Waals surface area contributed by atoms with E-state index < -0.39 is 0 Å². The van der Waals surface area contributed by atoms with Gasteiger partial charge in [0.05, 0.1) is 24.8 Å². The molecule has 2 heterocycles. The molecular formula is C19H19N3O4S2. The van der Waals surface area contributed by atoms with Crippen LogP contribution in [-0.2, 0) is 4.79 Å². The van der Waals surface area contributed by atoms with E-state index in [2.05, 4.69) is 16.6 Å². The zero-order valence-corrected chi connectivity index (χ0v) is 17.3. The van der Waals surface area contributed by atoms with Gasteiger partial charge in [-0.15, -0.1) is 17.9 Å². The van der Waals surface area contributed by atoms with Crippen molar-refractivity contribution in [1.29, 1.82) is 0 Å². The third kappa shape index (κ3) is 4.05. The summed E-state index contributed by atoms with van der Waals surface area (Å²) >= 11 is 2.68. The lowest BCUT2D eigenvalue weighted by atomic mass is 10.1. The topological polar surface area (TPSA) is 84.2 Å². The number of aromatic nitrogens is 1. The number of carbonyl (C=O) groups is 1. The first-order chi connectivity index (χ1) is 13.5. The number of amides is 1. The quantitative estimate of drug-likeness (QED) is 0.566. The van der Waals surface area contributed by atoms with Gasteiger partial charge in [0.1, 0.15) is 0 Å². The second-order valence-corrected chi connectivity index (χ2v) is 7.60. The third-order valence-corrected chi connectivity index (χ3v) is 5.66. The molecule has 1 fully saturated rings. The molecule has 0 unspecified atom stereocenters. The molecule has 9 heteroatoms. The van der Waals surface area contributed by atoms with Crippen LogP contribution in [0.1, 0.15) is 11.3 Å². The number of thiazole rings is 1. The van der Waals surface area contributed by atoms with Crippen molar-refractivity contribution in [3.63, 3.8) is 0 Å². The summed E-state index contributed by atoms with van der Waals surface area (Å²) in [6, 6.07) is 3.27. The Bertz CT molecular complexity index is 956. The first-order valence-corrected chi connectivity index (χ1v) is 9.94. The fourth-order valence-electron chi connectivity index (χ4n) is 2.50. The number of nitrogens with zero attached hydrogens (tertiary/aromatic N) is 3. The number of methoxy groups -OCH3 is 2. The van der Waals surface area contributed by atoms with Crippen molar-refractivity contribution in [3.05, 3.63) is 46.3 Å². The third-order valence-electron chi connectivity index (χ3n) is 3.80. The molecule has 2 aromatic rings. The van der Waals surface area contributed by atoms with Crippen molar-refractivity contribution >= 4 is 45.4 Å². The van der Waals surface area contributed by atoms with Crippen LogP contribution in [0.25, 0.3) is 6.08 Å². The molecule has 146 valence electrons. The Hall–Kier alpha value is -2.78. The molecule has 7 nitrogen and oxygen atoms in total. The minimum absolute atomic E-state index is 0.0905. The minimum atomic E-state index is -0.178. The molecule has 0 saturated carbocycles. The summed E-state index contributed by atoms with van der Waals surface area (Å²) in [4.78, 5) is 23.7. The van der Waals surface area contributed by atoms with Crippen molar-refractivity contribution in [1.82, 2.24) is 9.88 Å². The van der Waals surface area contributed by atoms with Gasteiger partial charge in [-0.3, -0.25) is 9.69 Å². The van der Waals surface area contributed by atoms with Crippen LogP contribution in [0.5, 0.6) is 17.2 Å². The van der Waals surface area contributed by atoms with Gasteiger partial charge in [-0.25, -0.2) is 4.98 Å². The molecule has 1 amide bonds. The molecule has 0 bridgehead atoms. The van der Waals surface area contributed by atoms with Crippen LogP contribution in [0.4, 0.5) is 5.13 Å². The Balaban J connectivity index is 1.99. The molecule has 1 N–H and O–H groups in total. The number of amidine groups is 1. The van der Waals surface area contributed by atoms with E-state index in [1.165, 1.54) is 37.3 Å². The van der Waals surface area contributed by atoms with Crippen LogP contribution in [0.3, 0.4) is 0 Å². The second-order valence-electron chi connectivity index (χ2n) is 5.75. The predicted molar refractivity (Wildman–Crippen MR) is 113 cm³/mol. The lowest BCUT2D eigenvalue weighted by Gasteiger charge is -2.12. The van der Waals surface area contributed by atoms with Gasteiger partial charge >= 0.3 is 0 Å². The SMILES string of the molecule is C=CCN1C(=O)/C(=C/c2cc(OC)c(O)c(OC)c2)S/C1=N/c1nc(C)cs1. The number of rotatable bonds is 6. The van der Waals surface area contributed by atoms with Crippen molar-refractivity contribution in [2.75, 3.05) is 20.8 Å². The highest BCUT2D eigenvalue weighted by Gasteiger charge is 2.33. The van der Waals surface area contributed by atoms with Gasteiger partial charge in [-0.2, -0.15) is 4.99 Å². The number of aromatic hydroxyl groups is 1. The fourth-order valence-corrected chi connectivity index (χ4v) is 4.22. The second kappa shape index (κ2) is 8.49. The van der Waals surface area contributed by atoms with Crippen molar-refractivity contribution in [2.45, 2.75) is 6.92 Å². The molecule has 0 spiro atoms. The zero-order chi connectivity index (χ0) is 20.3. The Morgan fingerprint density at radius 2 is 2.00 bits per heavy atom. The number of aryl methyl sites for hydroxylation is 1. The molecular weight excluding hydrogens is 398 g/mol. The summed E-state index contributed by atoms with van der Waals surface area (Å²) in [6.07, 6.45) is 3.36. The first kappa shape index (κ1) is 20.0. The molecule has 1 aliphatic heterocycles. The summed E-state index contributed by atoms with van der Waals surface area (Å²) in [5.74, 6) is 0.253. The summed E-state index contributed by atoms with van der Waals surface area (Å²) in [6.45, 7) is 5.95. The number of ether oxygens (including phenoxy) is 2. The standard InChI is InChI=1S/C19H19N3O4S2/c1-5-6-22-17(24)15(28-19(22)21-18-20-11(2)10-27-18)9-12-7-13(25-3)16(23)14(8-12)26-4/h5,7-10,23H,1,6H2,2-4H3/b15-9-,21-19+. The molecule has 0 atom stereocenters. The maximum absolute atomic E-state index is 12.9. The van der Waals surface area contributed by atoms with E-state index in [0.717, 1.165) is 5.69 Å². The summed E-state index contributed by atoms with van der Waals surface area (Å²) in [5, 5.41) is 13.1. The highest BCUT2D eigenvalue weighted by Crippen LogP contribution is 2.40. The lowest BCUT2D eigenvalue weighted by molar-refractivity contribution is -0.121. The maximum Gasteiger partial charge on any atom is 0.267 e. The number of thioether (sulfide) groups is 1. The van der Waals surface area contributed by atoms with Crippen molar-refractivity contribution in [2.24, 2.45) is 4.99 Å².